The third-order valence-electron chi connectivity index (χ3n) is 15.7. The molecule has 9 rings (SSSR count). The summed E-state index contributed by atoms with van der Waals surface area (Å²) in [6.45, 7) is 64.6. The number of benzene rings is 5. The van der Waals surface area contributed by atoms with Crippen molar-refractivity contribution in [3.05, 3.63) is 240 Å². The van der Waals surface area contributed by atoms with E-state index in [9.17, 15) is 0 Å². The maximum absolute atomic E-state index is 3.76. The van der Waals surface area contributed by atoms with Crippen LogP contribution in [0.5, 0.6) is 0 Å². The van der Waals surface area contributed by atoms with Gasteiger partial charge in [-0.15, -0.1) is 80.6 Å². The molecular formula is C94H154Bk14-14. The van der Waals surface area contributed by atoms with Gasteiger partial charge in [0.25, 0.3) is 0 Å². The van der Waals surface area contributed by atoms with E-state index in [0.717, 1.165) is 49.9 Å². The largest absolute Gasteiger partial charge is 0.346 e. The number of unbranched alkanes of at least 4 members (excludes halogenated alkanes) is 10. The van der Waals surface area contributed by atoms with Crippen molar-refractivity contribution in [1.29, 1.82) is 0 Å². The minimum absolute atomic E-state index is 0. The number of hydrogen-bond donors (Lipinski definition) is 0. The number of hydrogen-bond acceptors (Lipinski definition) is 0. The van der Waals surface area contributed by atoms with Gasteiger partial charge in [0, 0.05) is 0 Å². The molecule has 0 aliphatic heterocycles. The molecule has 0 spiro atoms. The first-order valence-electron chi connectivity index (χ1n) is 37.7. The molecule has 0 bridgehead atoms. The quantitative estimate of drug-likeness (QED) is 0.0846. The van der Waals surface area contributed by atoms with E-state index >= 15 is 0 Å². The van der Waals surface area contributed by atoms with Crippen molar-refractivity contribution < 1.29 is 0 Å². The summed E-state index contributed by atoms with van der Waals surface area (Å²) in [7, 11) is 0. The van der Waals surface area contributed by atoms with Gasteiger partial charge in [-0.25, -0.2) is 0 Å². The van der Waals surface area contributed by atoms with Crippen molar-refractivity contribution in [3.63, 3.8) is 0 Å². The molecule has 0 saturated heterocycles. The molecule has 0 N–H and O–H groups in total. The van der Waals surface area contributed by atoms with Crippen LogP contribution in [-0.2, 0) is 0 Å². The molecule has 2 unspecified atom stereocenters. The van der Waals surface area contributed by atoms with E-state index in [1.165, 1.54) is 203 Å². The Labute approximate surface area is 593 Å². The summed E-state index contributed by atoms with van der Waals surface area (Å²) in [5.41, 5.74) is 5.59. The summed E-state index contributed by atoms with van der Waals surface area (Å²) in [5, 5.41) is 5.52. The topological polar surface area (TPSA) is 0 Å². The van der Waals surface area contributed by atoms with Crippen molar-refractivity contribution in [2.75, 3.05) is 0 Å². The summed E-state index contributed by atoms with van der Waals surface area (Å²) in [4.78, 5) is 0. The first-order chi connectivity index (χ1) is 45.1. The van der Waals surface area contributed by atoms with Crippen molar-refractivity contribution in [2.45, 2.75) is 312 Å². The summed E-state index contributed by atoms with van der Waals surface area (Å²) in [6.07, 6.45) is 42.7. The van der Waals surface area contributed by atoms with Gasteiger partial charge in [-0.05, 0) is 5.92 Å². The van der Waals surface area contributed by atoms with Crippen LogP contribution in [0.15, 0.2) is 133 Å². The standard InChI is InChI=1S/C14H11.C14H13.3C7H13.C7H7.2C7H15.C6H13.C5H11.2C4H9.C3H7.C2H5.14Bk/c1-10-11-6-2-4-8-13(11)14-9-5-3-7-12(10)14;1-12(13-8-4-2-5-9-13)14-10-6-3-7-11-14;4*1-7-5-3-2-4-6-7;1-6(2)7(3,4)5;1-3-5-7-6-4-2;1-3-5-6-4-2;1-3-5-4-2;1-4(2)3;1-3-4-2;1-3-2;1-2;;;;;;;;;;;;;;/h2-9H,1H3;2-11H,1H3;5,7H,2-4,6H2,1H3;3,7H,2,4-6H2,1H3;2,7H,3-6H2,1H3;2-5H,1H3;1-5H3;1,3-7H2,2H3;1,3-6H2,2H3;1,3-5H2,2H3;1-3H3;1,3-4H2,2H3;1,3H2,2H3;1H2,2H3;;;;;;;;;;;;;;/q14*-1;;;;;;;;;;;;;;. The Kier molecular flexibility index (Phi) is 131. The Hall–Kier alpha value is -18.2. The molecule has 670 valence electrons. The maximum atomic E-state index is 3.76. The van der Waals surface area contributed by atoms with Crippen molar-refractivity contribution in [2.24, 2.45) is 23.2 Å². The predicted molar refractivity (Wildman–Crippen MR) is 437 cm³/mol. The van der Waals surface area contributed by atoms with Crippen molar-refractivity contribution >= 4 is 21.5 Å². The van der Waals surface area contributed by atoms with Crippen molar-refractivity contribution in [1.82, 2.24) is 0 Å². The molecule has 6 aromatic rings. The molecule has 3 aliphatic rings. The Morgan fingerprint density at radius 2 is 0.787 bits per heavy atom. The molecule has 3 aliphatic carbocycles. The molecule has 0 aromatic heterocycles. The van der Waals surface area contributed by atoms with Gasteiger partial charge in [-0.3, -0.25) is 0 Å². The smallest absolute Gasteiger partial charge is 0 e. The van der Waals surface area contributed by atoms with Crippen LogP contribution < -0.4 is 0 Å². The van der Waals surface area contributed by atoms with E-state index in [0.29, 0.717) is 5.41 Å². The van der Waals surface area contributed by atoms with Crippen LogP contribution in [0.25, 0.3) is 21.5 Å². The molecule has 0 amide bonds. The Balaban J connectivity index is -0.0000000471. The Morgan fingerprint density at radius 1 is 0.426 bits per heavy atom. The Morgan fingerprint density at radius 3 is 1.01 bits per heavy atom. The van der Waals surface area contributed by atoms with Crippen LogP contribution in [0, 0.1) is 122 Å². The summed E-state index contributed by atoms with van der Waals surface area (Å²) < 4.78 is 0. The maximum Gasteiger partial charge on any atom is 0 e. The van der Waals surface area contributed by atoms with E-state index < -0.39 is 0 Å². The molecule has 3 saturated carbocycles. The molecule has 3 fully saturated rings. The first kappa shape index (κ1) is 141. The minimum Gasteiger partial charge on any atom is -0.346 e. The molecule has 14 radical (unpaired) electrons. The van der Waals surface area contributed by atoms with Gasteiger partial charge in [-0.2, -0.15) is 153 Å². The first-order valence-corrected chi connectivity index (χ1v) is 37.7. The summed E-state index contributed by atoms with van der Waals surface area (Å²) in [5.74, 6) is 7.13. The van der Waals surface area contributed by atoms with Crippen LogP contribution in [0.4, 0.5) is 0 Å². The average Bonchev–Trinajstić information content (AvgIpc) is 1.63. The number of fused-ring (bicyclic) bond motifs is 3. The normalized spacial score (nSPS) is 12.4. The SMILES string of the molecule is CC1CC[CH-]CC1.CC1C[CH-]CCC1.CC1[CH-]CCCC1.C[C-](C)C.C[C-](C)C(C)(C)C.C[C-](c1ccccc1)c1ccccc1.C[c-]1c2ccccc2c2ccccc21.Cc1[c-]cccc1.[Bk].[Bk].[Bk].[Bk].[Bk].[Bk].[Bk].[Bk].[Bk].[Bk].[Bk].[Bk].[Bk].[Bk].[CH2-]C.[CH2-]CC.[CH2-]CCC.[CH2-]CCCC.[CH2-]CCCCC.[CH2-]CCCCCC. The Bertz CT molecular complexity index is 2200. The second-order valence-electron chi connectivity index (χ2n) is 27.0. The zero-order valence-corrected chi connectivity index (χ0v) is 110. The van der Waals surface area contributed by atoms with Gasteiger partial charge in [0.05, 0.1) is 0 Å². The minimum atomic E-state index is 0. The average molecular weight is 4740 g/mol. The van der Waals surface area contributed by atoms with E-state index in [4.69, 9.17) is 0 Å². The van der Waals surface area contributed by atoms with Gasteiger partial charge < -0.3 is 72.6 Å². The summed E-state index contributed by atoms with van der Waals surface area (Å²) >= 11 is 0. The predicted octanol–water partition coefficient (Wildman–Crippen LogP) is 31.9. The van der Waals surface area contributed by atoms with E-state index in [2.05, 4.69) is 282 Å². The van der Waals surface area contributed by atoms with Gasteiger partial charge in [0.1, 0.15) is 0 Å². The fourth-order valence-corrected chi connectivity index (χ4v) is 8.90. The van der Waals surface area contributed by atoms with Crippen LogP contribution >= 0.6 is 0 Å². The molecule has 2 atom stereocenters. The van der Waals surface area contributed by atoms with Gasteiger partial charge in [0.2, 0.25) is 0 Å². The van der Waals surface area contributed by atoms with Gasteiger partial charge >= 0.3 is 0 Å². The fourth-order valence-electron chi connectivity index (χ4n) is 8.90. The molecule has 0 heterocycles. The van der Waals surface area contributed by atoms with Crippen LogP contribution in [0.3, 0.4) is 0 Å². The van der Waals surface area contributed by atoms with Crippen molar-refractivity contribution in [3.8, 4) is 0 Å². The molecular weight excluding hydrogens is 4590 g/mol. The third kappa shape index (κ3) is 85.9. The second kappa shape index (κ2) is 99.9. The number of rotatable bonds is 12. The molecule has 108 heavy (non-hydrogen) atoms. The molecule has 6 aromatic carbocycles. The zero-order chi connectivity index (χ0) is 72.1. The van der Waals surface area contributed by atoms with Gasteiger partial charge in [0.15, 0.2) is 0 Å². The number of aryl methyl sites for hydroxylation is 2. The van der Waals surface area contributed by atoms with E-state index in [1.54, 1.807) is 6.92 Å². The second-order valence-corrected chi connectivity index (χ2v) is 27.0. The molecule has 14 heteroatoms. The third-order valence-corrected chi connectivity index (χ3v) is 15.7. The zero-order valence-electron chi connectivity index (χ0n) is 70.7. The van der Waals surface area contributed by atoms with Crippen LogP contribution in [0.2, 0.25) is 0 Å². The van der Waals surface area contributed by atoms with E-state index in [1.807, 2.05) is 50.2 Å². The van der Waals surface area contributed by atoms with Crippen LogP contribution in [0.1, 0.15) is 320 Å². The molecule has 0 nitrogen and oxygen atoms in total. The monoisotopic (exact) mass is 4740 g/mol. The van der Waals surface area contributed by atoms with E-state index in [-0.39, 0.29) is 0 Å². The fraction of sp³-hybridized carbons (Fsp3) is 0.543. The summed E-state index contributed by atoms with van der Waals surface area (Å²) in [6, 6.07) is 49.1. The van der Waals surface area contributed by atoms with Crippen LogP contribution in [-0.4, -0.2) is 0 Å². The van der Waals surface area contributed by atoms with Gasteiger partial charge in [-0.1, -0.05) is 285 Å².